The lowest BCUT2D eigenvalue weighted by molar-refractivity contribution is 0.285. The lowest BCUT2D eigenvalue weighted by Gasteiger charge is -2.16. The van der Waals surface area contributed by atoms with Gasteiger partial charge in [-0.05, 0) is 46.6 Å². The quantitative estimate of drug-likeness (QED) is 0.603. The summed E-state index contributed by atoms with van der Waals surface area (Å²) in [6.07, 6.45) is 3.40. The second-order valence-corrected chi connectivity index (χ2v) is 5.40. The normalized spacial score (nSPS) is 12.1. The van der Waals surface area contributed by atoms with E-state index in [-0.39, 0.29) is 6.04 Å². The molecule has 0 spiro atoms. The maximum Gasteiger partial charge on any atom is 0.119 e. The second kappa shape index (κ2) is 7.99. The molecule has 0 aliphatic carbocycles. The monoisotopic (exact) mass is 335 g/mol. The van der Waals surface area contributed by atoms with E-state index in [1.54, 1.807) is 6.20 Å². The van der Waals surface area contributed by atoms with Crippen LogP contribution in [0.1, 0.15) is 12.1 Å². The van der Waals surface area contributed by atoms with Crippen LogP contribution in [-0.2, 0) is 6.42 Å². The van der Waals surface area contributed by atoms with Crippen LogP contribution < -0.4 is 16.0 Å². The van der Waals surface area contributed by atoms with Crippen molar-refractivity contribution in [3.63, 3.8) is 0 Å². The predicted molar refractivity (Wildman–Crippen MR) is 83.3 cm³/mol. The molecule has 1 aromatic carbocycles. The zero-order valence-electron chi connectivity index (χ0n) is 11.1. The molecule has 106 valence electrons. The third kappa shape index (κ3) is 4.92. The number of nitrogens with zero attached hydrogens (tertiary/aromatic N) is 1. The van der Waals surface area contributed by atoms with Crippen molar-refractivity contribution in [3.8, 4) is 5.75 Å². The predicted octanol–water partition coefficient (Wildman–Crippen LogP) is 2.69. The minimum Gasteiger partial charge on any atom is -0.494 e. The van der Waals surface area contributed by atoms with Gasteiger partial charge in [0.1, 0.15) is 5.75 Å². The van der Waals surface area contributed by atoms with E-state index >= 15 is 0 Å². The van der Waals surface area contributed by atoms with Crippen molar-refractivity contribution in [1.29, 1.82) is 0 Å². The van der Waals surface area contributed by atoms with Crippen LogP contribution in [0.3, 0.4) is 0 Å². The first-order valence-corrected chi connectivity index (χ1v) is 7.31. The summed E-state index contributed by atoms with van der Waals surface area (Å²) in [6.45, 7) is 0.620. The Bertz CT molecular complexity index is 504. The van der Waals surface area contributed by atoms with Gasteiger partial charge in [0.2, 0.25) is 0 Å². The maximum absolute atomic E-state index is 5.67. The molecule has 0 saturated carbocycles. The standard InChI is InChI=1S/C15H18BrN3O/c16-12-6-7-13(18-11-12)10-14(19-17)8-9-20-15-4-2-1-3-5-15/h1-7,11,14,19H,8-10,17H2. The summed E-state index contributed by atoms with van der Waals surface area (Å²) in [7, 11) is 0. The van der Waals surface area contributed by atoms with Crippen LogP contribution >= 0.6 is 15.9 Å². The highest BCUT2D eigenvalue weighted by molar-refractivity contribution is 9.10. The number of hydrogen-bond acceptors (Lipinski definition) is 4. The summed E-state index contributed by atoms with van der Waals surface area (Å²) in [5.41, 5.74) is 3.83. The first-order valence-electron chi connectivity index (χ1n) is 6.52. The summed E-state index contributed by atoms with van der Waals surface area (Å²) in [5.74, 6) is 6.47. The number of nitrogens with two attached hydrogens (primary N) is 1. The molecule has 5 heteroatoms. The molecule has 3 N–H and O–H groups in total. The lowest BCUT2D eigenvalue weighted by Crippen LogP contribution is -2.38. The Morgan fingerprint density at radius 3 is 2.65 bits per heavy atom. The highest BCUT2D eigenvalue weighted by Crippen LogP contribution is 2.11. The number of hydrazine groups is 1. The summed E-state index contributed by atoms with van der Waals surface area (Å²) >= 11 is 3.37. The van der Waals surface area contributed by atoms with Crippen LogP contribution in [0.2, 0.25) is 0 Å². The first kappa shape index (κ1) is 15.0. The van der Waals surface area contributed by atoms with Gasteiger partial charge in [-0.1, -0.05) is 18.2 Å². The molecule has 20 heavy (non-hydrogen) atoms. The van der Waals surface area contributed by atoms with E-state index in [0.29, 0.717) is 6.61 Å². The molecular formula is C15H18BrN3O. The van der Waals surface area contributed by atoms with Gasteiger partial charge in [-0.25, -0.2) is 0 Å². The lowest BCUT2D eigenvalue weighted by atomic mass is 10.1. The van der Waals surface area contributed by atoms with Crippen molar-refractivity contribution in [2.75, 3.05) is 6.61 Å². The van der Waals surface area contributed by atoms with Crippen LogP contribution in [-0.4, -0.2) is 17.6 Å². The van der Waals surface area contributed by atoms with E-state index in [0.717, 1.165) is 28.8 Å². The molecule has 0 saturated heterocycles. The van der Waals surface area contributed by atoms with Crippen LogP contribution in [0.4, 0.5) is 0 Å². The van der Waals surface area contributed by atoms with Crippen molar-refractivity contribution in [1.82, 2.24) is 10.4 Å². The molecule has 2 rings (SSSR count). The van der Waals surface area contributed by atoms with Gasteiger partial charge >= 0.3 is 0 Å². The Morgan fingerprint density at radius 2 is 2.00 bits per heavy atom. The second-order valence-electron chi connectivity index (χ2n) is 4.49. The average molecular weight is 336 g/mol. The highest BCUT2D eigenvalue weighted by Gasteiger charge is 2.09. The molecule has 0 bridgehead atoms. The van der Waals surface area contributed by atoms with Gasteiger partial charge in [0.25, 0.3) is 0 Å². The van der Waals surface area contributed by atoms with Crippen molar-refractivity contribution < 1.29 is 4.74 Å². The number of rotatable bonds is 7. The van der Waals surface area contributed by atoms with Crippen molar-refractivity contribution >= 4 is 15.9 Å². The number of para-hydroxylation sites is 1. The average Bonchev–Trinajstić information content (AvgIpc) is 2.49. The van der Waals surface area contributed by atoms with Crippen molar-refractivity contribution in [2.45, 2.75) is 18.9 Å². The van der Waals surface area contributed by atoms with E-state index < -0.39 is 0 Å². The van der Waals surface area contributed by atoms with E-state index in [2.05, 4.69) is 26.3 Å². The van der Waals surface area contributed by atoms with E-state index in [1.165, 1.54) is 0 Å². The molecule has 0 fully saturated rings. The topological polar surface area (TPSA) is 60.2 Å². The summed E-state index contributed by atoms with van der Waals surface area (Å²) < 4.78 is 6.65. The minimum absolute atomic E-state index is 0.146. The molecule has 0 aliphatic rings. The van der Waals surface area contributed by atoms with Gasteiger partial charge in [0.05, 0.1) is 6.61 Å². The summed E-state index contributed by atoms with van der Waals surface area (Å²) in [4.78, 5) is 4.35. The van der Waals surface area contributed by atoms with Gasteiger partial charge in [0.15, 0.2) is 0 Å². The Hall–Kier alpha value is -1.43. The largest absolute Gasteiger partial charge is 0.494 e. The molecule has 2 aromatic rings. The number of ether oxygens (including phenoxy) is 1. The van der Waals surface area contributed by atoms with Crippen LogP contribution in [0.5, 0.6) is 5.75 Å². The number of hydrogen-bond donors (Lipinski definition) is 2. The molecule has 0 aliphatic heterocycles. The summed E-state index contributed by atoms with van der Waals surface area (Å²) in [5, 5.41) is 0. The molecular weight excluding hydrogens is 318 g/mol. The zero-order valence-corrected chi connectivity index (χ0v) is 12.7. The summed E-state index contributed by atoms with van der Waals surface area (Å²) in [6, 6.07) is 13.9. The minimum atomic E-state index is 0.146. The Morgan fingerprint density at radius 1 is 1.20 bits per heavy atom. The smallest absolute Gasteiger partial charge is 0.119 e. The molecule has 1 heterocycles. The molecule has 4 nitrogen and oxygen atoms in total. The molecule has 1 unspecified atom stereocenters. The SMILES string of the molecule is NNC(CCOc1ccccc1)Cc1ccc(Br)cn1. The number of aromatic nitrogens is 1. The maximum atomic E-state index is 5.67. The van der Waals surface area contributed by atoms with E-state index in [9.17, 15) is 0 Å². The van der Waals surface area contributed by atoms with Crippen LogP contribution in [0, 0.1) is 0 Å². The third-order valence-electron chi connectivity index (χ3n) is 2.96. The van der Waals surface area contributed by atoms with Gasteiger partial charge in [0, 0.05) is 28.8 Å². The van der Waals surface area contributed by atoms with Gasteiger partial charge in [-0.3, -0.25) is 16.3 Å². The van der Waals surface area contributed by atoms with E-state index in [4.69, 9.17) is 10.6 Å². The molecule has 0 radical (unpaired) electrons. The number of pyridine rings is 1. The molecule has 0 amide bonds. The fraction of sp³-hybridized carbons (Fsp3) is 0.267. The van der Waals surface area contributed by atoms with Gasteiger partial charge < -0.3 is 4.74 Å². The van der Waals surface area contributed by atoms with Crippen LogP contribution in [0.15, 0.2) is 53.1 Å². The Kier molecular flexibility index (Phi) is 5.98. The highest BCUT2D eigenvalue weighted by atomic mass is 79.9. The van der Waals surface area contributed by atoms with Gasteiger partial charge in [-0.2, -0.15) is 0 Å². The fourth-order valence-electron chi connectivity index (χ4n) is 1.86. The fourth-order valence-corrected chi connectivity index (χ4v) is 2.09. The Labute approximate surface area is 127 Å². The van der Waals surface area contributed by atoms with Crippen molar-refractivity contribution in [2.24, 2.45) is 5.84 Å². The molecule has 1 aromatic heterocycles. The van der Waals surface area contributed by atoms with Gasteiger partial charge in [-0.15, -0.1) is 0 Å². The third-order valence-corrected chi connectivity index (χ3v) is 3.43. The first-order chi connectivity index (χ1) is 9.78. The Balaban J connectivity index is 1.79. The van der Waals surface area contributed by atoms with Crippen LogP contribution in [0.25, 0.3) is 0 Å². The number of nitrogens with one attached hydrogen (secondary N) is 1. The number of benzene rings is 1. The molecule has 1 atom stereocenters. The number of halogens is 1. The van der Waals surface area contributed by atoms with E-state index in [1.807, 2.05) is 42.5 Å². The van der Waals surface area contributed by atoms with Crippen molar-refractivity contribution in [3.05, 3.63) is 58.8 Å². The zero-order chi connectivity index (χ0) is 14.2.